The van der Waals surface area contributed by atoms with Crippen LogP contribution in [0.5, 0.6) is 5.75 Å². The first-order valence-corrected chi connectivity index (χ1v) is 8.25. The van der Waals surface area contributed by atoms with Gasteiger partial charge in [-0.25, -0.2) is 0 Å². The summed E-state index contributed by atoms with van der Waals surface area (Å²) in [7, 11) is 0. The minimum atomic E-state index is 0.485. The van der Waals surface area contributed by atoms with Crippen LogP contribution < -0.4 is 10.2 Å². The van der Waals surface area contributed by atoms with E-state index in [9.17, 15) is 0 Å². The largest absolute Gasteiger partial charge is 0.490 e. The van der Waals surface area contributed by atoms with E-state index in [1.54, 1.807) is 18.3 Å². The average molecular weight is 351 g/mol. The maximum Gasteiger partial charge on any atom is 0.156 e. The van der Waals surface area contributed by atoms with Crippen molar-refractivity contribution in [2.45, 2.75) is 27.2 Å². The Hall–Kier alpha value is -1.71. The van der Waals surface area contributed by atoms with E-state index in [1.165, 1.54) is 11.1 Å². The van der Waals surface area contributed by atoms with Crippen LogP contribution in [0.2, 0.25) is 10.0 Å². The molecule has 0 aliphatic carbocycles. The quantitative estimate of drug-likeness (QED) is 0.523. The third-order valence-electron chi connectivity index (χ3n) is 3.39. The van der Waals surface area contributed by atoms with Crippen LogP contribution in [-0.2, 0) is 0 Å². The van der Waals surface area contributed by atoms with Gasteiger partial charge in [-0.05, 0) is 61.2 Å². The molecule has 0 heterocycles. The van der Waals surface area contributed by atoms with Gasteiger partial charge in [0, 0.05) is 0 Å². The van der Waals surface area contributed by atoms with E-state index in [2.05, 4.69) is 30.4 Å². The number of aryl methyl sites for hydroxylation is 2. The number of hydrogen-bond acceptors (Lipinski definition) is 3. The zero-order valence-corrected chi connectivity index (χ0v) is 15.0. The summed E-state index contributed by atoms with van der Waals surface area (Å²) < 4.78 is 5.55. The molecule has 3 nitrogen and oxygen atoms in total. The molecule has 0 bridgehead atoms. The van der Waals surface area contributed by atoms with Gasteiger partial charge < -0.3 is 4.74 Å². The van der Waals surface area contributed by atoms with Crippen molar-refractivity contribution >= 4 is 35.1 Å². The molecule has 2 aromatic carbocycles. The van der Waals surface area contributed by atoms with E-state index in [0.29, 0.717) is 22.4 Å². The van der Waals surface area contributed by atoms with Gasteiger partial charge in [0.1, 0.15) is 0 Å². The highest BCUT2D eigenvalue weighted by Gasteiger charge is 2.08. The van der Waals surface area contributed by atoms with Gasteiger partial charge in [-0.15, -0.1) is 0 Å². The van der Waals surface area contributed by atoms with Gasteiger partial charge in [0.25, 0.3) is 0 Å². The Balaban J connectivity index is 2.08. The molecule has 0 saturated heterocycles. The highest BCUT2D eigenvalue weighted by atomic mass is 35.5. The third-order valence-corrected chi connectivity index (χ3v) is 3.95. The van der Waals surface area contributed by atoms with Gasteiger partial charge in [0.05, 0.1) is 28.6 Å². The summed E-state index contributed by atoms with van der Waals surface area (Å²) in [6, 6.07) is 9.66. The summed E-state index contributed by atoms with van der Waals surface area (Å²) in [5.41, 5.74) is 7.21. The fraction of sp³-hybridized carbons (Fsp3) is 0.278. The van der Waals surface area contributed by atoms with Gasteiger partial charge in [-0.2, -0.15) is 5.10 Å². The Morgan fingerprint density at radius 3 is 2.39 bits per heavy atom. The maximum atomic E-state index is 6.21. The highest BCUT2D eigenvalue weighted by molar-refractivity contribution is 6.37. The summed E-state index contributed by atoms with van der Waals surface area (Å²) in [5.74, 6) is 0.523. The van der Waals surface area contributed by atoms with Crippen molar-refractivity contribution in [3.63, 3.8) is 0 Å². The van der Waals surface area contributed by atoms with Gasteiger partial charge in [-0.3, -0.25) is 5.43 Å². The lowest BCUT2D eigenvalue weighted by Gasteiger charge is -2.09. The number of benzene rings is 2. The molecule has 0 aliphatic rings. The van der Waals surface area contributed by atoms with Crippen molar-refractivity contribution in [1.82, 2.24) is 0 Å². The first-order chi connectivity index (χ1) is 11.0. The number of rotatable bonds is 6. The zero-order valence-electron chi connectivity index (χ0n) is 13.5. The topological polar surface area (TPSA) is 33.6 Å². The lowest BCUT2D eigenvalue weighted by molar-refractivity contribution is 0.318. The Morgan fingerprint density at radius 2 is 1.78 bits per heavy atom. The van der Waals surface area contributed by atoms with Crippen molar-refractivity contribution < 1.29 is 4.74 Å². The molecule has 1 N–H and O–H groups in total. The predicted molar refractivity (Wildman–Crippen MR) is 99.4 cm³/mol. The number of ether oxygens (including phenoxy) is 1. The van der Waals surface area contributed by atoms with E-state index in [4.69, 9.17) is 27.9 Å². The van der Waals surface area contributed by atoms with Crippen LogP contribution in [0.15, 0.2) is 35.4 Å². The minimum absolute atomic E-state index is 0.485. The molecule has 0 aromatic heterocycles. The van der Waals surface area contributed by atoms with E-state index >= 15 is 0 Å². The molecule has 0 radical (unpaired) electrons. The molecule has 0 aliphatic heterocycles. The lowest BCUT2D eigenvalue weighted by Crippen LogP contribution is -1.98. The van der Waals surface area contributed by atoms with Gasteiger partial charge in [0.15, 0.2) is 5.75 Å². The first kappa shape index (κ1) is 17.6. The van der Waals surface area contributed by atoms with Crippen molar-refractivity contribution in [2.75, 3.05) is 12.0 Å². The van der Waals surface area contributed by atoms with Crippen LogP contribution in [0.1, 0.15) is 30.0 Å². The standard InChI is InChI=1S/C18H20Cl2N2O/c1-4-7-23-18-16(19)9-14(10-17(18)20)11-21-22-15-6-5-12(2)13(3)8-15/h5-6,8-11,22H,4,7H2,1-3H3/b21-11+. The van der Waals surface area contributed by atoms with Crippen LogP contribution in [0.25, 0.3) is 0 Å². The van der Waals surface area contributed by atoms with Crippen LogP contribution in [0, 0.1) is 13.8 Å². The fourth-order valence-corrected chi connectivity index (χ4v) is 2.60. The summed E-state index contributed by atoms with van der Waals surface area (Å²) in [6.07, 6.45) is 2.58. The van der Waals surface area contributed by atoms with Gasteiger partial charge in [0.2, 0.25) is 0 Å². The Kier molecular flexibility index (Phi) is 6.31. The average Bonchev–Trinajstić information content (AvgIpc) is 2.50. The molecule has 0 unspecified atom stereocenters. The fourth-order valence-electron chi connectivity index (χ4n) is 1.99. The molecule has 0 amide bonds. The molecule has 2 aromatic rings. The van der Waals surface area contributed by atoms with Gasteiger partial charge in [-0.1, -0.05) is 36.2 Å². The van der Waals surface area contributed by atoms with Crippen molar-refractivity contribution in [1.29, 1.82) is 0 Å². The molecule has 0 spiro atoms. The highest BCUT2D eigenvalue weighted by Crippen LogP contribution is 2.33. The summed E-state index contributed by atoms with van der Waals surface area (Å²) >= 11 is 12.4. The normalized spacial score (nSPS) is 11.0. The first-order valence-electron chi connectivity index (χ1n) is 7.49. The minimum Gasteiger partial charge on any atom is -0.490 e. The Labute approximate surface area is 147 Å². The second kappa shape index (κ2) is 8.23. The van der Waals surface area contributed by atoms with E-state index in [-0.39, 0.29) is 0 Å². The number of anilines is 1. The number of hydrazone groups is 1. The predicted octanol–water partition coefficient (Wildman–Crippen LogP) is 5.85. The van der Waals surface area contributed by atoms with E-state index < -0.39 is 0 Å². The Bertz CT molecular complexity index is 691. The van der Waals surface area contributed by atoms with E-state index in [0.717, 1.165) is 17.7 Å². The second-order valence-electron chi connectivity index (χ2n) is 5.33. The SMILES string of the molecule is CCCOc1c(Cl)cc(/C=N/Nc2ccc(C)c(C)c2)cc1Cl. The smallest absolute Gasteiger partial charge is 0.156 e. The monoisotopic (exact) mass is 350 g/mol. The Morgan fingerprint density at radius 1 is 1.09 bits per heavy atom. The zero-order chi connectivity index (χ0) is 16.8. The molecular weight excluding hydrogens is 331 g/mol. The van der Waals surface area contributed by atoms with Crippen molar-refractivity contribution in [3.05, 3.63) is 57.1 Å². The molecule has 2 rings (SSSR count). The molecular formula is C18H20Cl2N2O. The molecule has 23 heavy (non-hydrogen) atoms. The van der Waals surface area contributed by atoms with Crippen molar-refractivity contribution in [2.24, 2.45) is 5.10 Å². The number of nitrogens with one attached hydrogen (secondary N) is 1. The van der Waals surface area contributed by atoms with Crippen LogP contribution in [0.4, 0.5) is 5.69 Å². The number of nitrogens with zero attached hydrogens (tertiary/aromatic N) is 1. The van der Waals surface area contributed by atoms with Crippen LogP contribution >= 0.6 is 23.2 Å². The summed E-state index contributed by atoms with van der Waals surface area (Å²) in [6.45, 7) is 6.76. The molecule has 0 saturated carbocycles. The maximum absolute atomic E-state index is 6.21. The number of hydrogen-bond donors (Lipinski definition) is 1. The second-order valence-corrected chi connectivity index (χ2v) is 6.15. The van der Waals surface area contributed by atoms with E-state index in [1.807, 2.05) is 19.1 Å². The van der Waals surface area contributed by atoms with Crippen LogP contribution in [-0.4, -0.2) is 12.8 Å². The molecule has 0 fully saturated rings. The lowest BCUT2D eigenvalue weighted by atomic mass is 10.1. The van der Waals surface area contributed by atoms with Gasteiger partial charge >= 0.3 is 0 Å². The molecule has 5 heteroatoms. The van der Waals surface area contributed by atoms with Crippen LogP contribution in [0.3, 0.4) is 0 Å². The number of halogens is 2. The summed E-state index contributed by atoms with van der Waals surface area (Å²) in [4.78, 5) is 0. The third kappa shape index (κ3) is 4.88. The summed E-state index contributed by atoms with van der Waals surface area (Å²) in [5, 5.41) is 5.19. The molecule has 122 valence electrons. The van der Waals surface area contributed by atoms with Crippen molar-refractivity contribution in [3.8, 4) is 5.75 Å². The molecule has 0 atom stereocenters.